The summed E-state index contributed by atoms with van der Waals surface area (Å²) >= 11 is 3.46. The second kappa shape index (κ2) is 6.20. The zero-order valence-corrected chi connectivity index (χ0v) is 13.2. The molecule has 2 rings (SSSR count). The molecule has 0 saturated carbocycles. The fourth-order valence-electron chi connectivity index (χ4n) is 1.89. The van der Waals surface area contributed by atoms with Crippen molar-refractivity contribution >= 4 is 27.4 Å². The average Bonchev–Trinajstić information content (AvgIpc) is 2.43. The highest BCUT2D eigenvalue weighted by molar-refractivity contribution is 9.10. The van der Waals surface area contributed by atoms with E-state index in [1.54, 1.807) is 0 Å². The molecule has 0 spiro atoms. The number of benzene rings is 1. The van der Waals surface area contributed by atoms with Crippen molar-refractivity contribution in [2.24, 2.45) is 0 Å². The third kappa shape index (κ3) is 3.57. The Kier molecular flexibility index (Phi) is 4.59. The van der Waals surface area contributed by atoms with Crippen molar-refractivity contribution < 1.29 is 0 Å². The number of rotatable bonds is 4. The first-order chi connectivity index (χ1) is 9.10. The fourth-order valence-corrected chi connectivity index (χ4v) is 2.11. The molecule has 0 aliphatic heterocycles. The third-order valence-corrected chi connectivity index (χ3v) is 4.22. The van der Waals surface area contributed by atoms with Crippen molar-refractivity contribution in [3.8, 4) is 0 Å². The number of nitrogens with one attached hydrogen (secondary N) is 1. The first-order valence-corrected chi connectivity index (χ1v) is 7.39. The van der Waals surface area contributed by atoms with Crippen molar-refractivity contribution in [1.29, 1.82) is 0 Å². The Morgan fingerprint density at radius 1 is 1.16 bits per heavy atom. The molecule has 1 N–H and O–H groups in total. The molecule has 1 aromatic carbocycles. The largest absolute Gasteiger partial charge is 0.340 e. The van der Waals surface area contributed by atoms with Gasteiger partial charge in [0.1, 0.15) is 5.82 Å². The van der Waals surface area contributed by atoms with E-state index in [4.69, 9.17) is 0 Å². The lowest BCUT2D eigenvalue weighted by Gasteiger charge is -2.11. The van der Waals surface area contributed by atoms with Crippen LogP contribution in [-0.2, 0) is 0 Å². The van der Waals surface area contributed by atoms with Crippen molar-refractivity contribution in [1.82, 2.24) is 4.98 Å². The van der Waals surface area contributed by atoms with Gasteiger partial charge < -0.3 is 5.32 Å². The molecule has 1 atom stereocenters. The highest BCUT2D eigenvalue weighted by Crippen LogP contribution is 2.23. The lowest BCUT2D eigenvalue weighted by molar-refractivity contribution is 0.734. The van der Waals surface area contributed by atoms with E-state index >= 15 is 0 Å². The molecule has 0 aliphatic rings. The first-order valence-electron chi connectivity index (χ1n) is 6.60. The SMILES string of the molecule is CCC(C)c1ccc(Nc2ccc(Br)c(C)n2)cc1. The number of nitrogens with zero attached hydrogens (tertiary/aromatic N) is 1. The Labute approximate surface area is 123 Å². The van der Waals surface area contributed by atoms with Crippen LogP contribution in [0, 0.1) is 6.92 Å². The molecule has 0 radical (unpaired) electrons. The highest BCUT2D eigenvalue weighted by Gasteiger charge is 2.03. The van der Waals surface area contributed by atoms with Crippen LogP contribution in [0.15, 0.2) is 40.9 Å². The van der Waals surface area contributed by atoms with Gasteiger partial charge >= 0.3 is 0 Å². The first kappa shape index (κ1) is 14.1. The van der Waals surface area contributed by atoms with Gasteiger partial charge in [-0.3, -0.25) is 0 Å². The Morgan fingerprint density at radius 3 is 2.42 bits per heavy atom. The van der Waals surface area contributed by atoms with Gasteiger partial charge in [0.15, 0.2) is 0 Å². The van der Waals surface area contributed by atoms with Crippen LogP contribution in [0.3, 0.4) is 0 Å². The molecule has 0 amide bonds. The summed E-state index contributed by atoms with van der Waals surface area (Å²) in [4.78, 5) is 4.48. The minimum absolute atomic E-state index is 0.613. The minimum atomic E-state index is 0.613. The maximum absolute atomic E-state index is 4.48. The molecule has 1 aromatic heterocycles. The third-order valence-electron chi connectivity index (χ3n) is 3.39. The number of aromatic nitrogens is 1. The molecular weight excluding hydrogens is 300 g/mol. The predicted molar refractivity (Wildman–Crippen MR) is 85.1 cm³/mol. The van der Waals surface area contributed by atoms with Gasteiger partial charge in [-0.2, -0.15) is 0 Å². The van der Waals surface area contributed by atoms with Gasteiger partial charge in [0.2, 0.25) is 0 Å². The Morgan fingerprint density at radius 2 is 1.84 bits per heavy atom. The predicted octanol–water partition coefficient (Wildman–Crippen LogP) is 5.41. The normalized spacial score (nSPS) is 12.2. The van der Waals surface area contributed by atoms with Crippen LogP contribution in [0.2, 0.25) is 0 Å². The summed E-state index contributed by atoms with van der Waals surface area (Å²) in [6.07, 6.45) is 1.17. The summed E-state index contributed by atoms with van der Waals surface area (Å²) in [7, 11) is 0. The van der Waals surface area contributed by atoms with Crippen LogP contribution in [0.4, 0.5) is 11.5 Å². The zero-order valence-electron chi connectivity index (χ0n) is 11.6. The molecule has 0 saturated heterocycles. The minimum Gasteiger partial charge on any atom is -0.340 e. The maximum atomic E-state index is 4.48. The molecule has 1 unspecified atom stereocenters. The van der Waals surface area contributed by atoms with Crippen LogP contribution < -0.4 is 5.32 Å². The molecule has 0 bridgehead atoms. The lowest BCUT2D eigenvalue weighted by atomic mass is 9.99. The number of halogens is 1. The quantitative estimate of drug-likeness (QED) is 0.815. The van der Waals surface area contributed by atoms with Crippen LogP contribution in [0.25, 0.3) is 0 Å². The Bertz CT molecular complexity index is 549. The topological polar surface area (TPSA) is 24.9 Å². The number of hydrogen-bond acceptors (Lipinski definition) is 2. The van der Waals surface area contributed by atoms with E-state index in [2.05, 4.69) is 64.3 Å². The summed E-state index contributed by atoms with van der Waals surface area (Å²) in [6, 6.07) is 12.6. The van der Waals surface area contributed by atoms with Crippen LogP contribution in [-0.4, -0.2) is 4.98 Å². The van der Waals surface area contributed by atoms with E-state index in [0.717, 1.165) is 21.7 Å². The number of pyridine rings is 1. The summed E-state index contributed by atoms with van der Waals surface area (Å²) in [5.74, 6) is 1.49. The van der Waals surface area contributed by atoms with E-state index < -0.39 is 0 Å². The molecule has 2 nitrogen and oxygen atoms in total. The highest BCUT2D eigenvalue weighted by atomic mass is 79.9. The van der Waals surface area contributed by atoms with Gasteiger partial charge in [-0.25, -0.2) is 4.98 Å². The summed E-state index contributed by atoms with van der Waals surface area (Å²) in [5.41, 5.74) is 3.44. The monoisotopic (exact) mass is 318 g/mol. The van der Waals surface area contributed by atoms with Crippen molar-refractivity contribution in [3.05, 3.63) is 52.1 Å². The lowest BCUT2D eigenvalue weighted by Crippen LogP contribution is -1.96. The molecule has 0 aliphatic carbocycles. The van der Waals surface area contributed by atoms with Gasteiger partial charge in [-0.05, 0) is 65.0 Å². The van der Waals surface area contributed by atoms with E-state index in [1.807, 2.05) is 19.1 Å². The second-order valence-corrected chi connectivity index (χ2v) is 5.67. The smallest absolute Gasteiger partial charge is 0.130 e. The number of aryl methyl sites for hydroxylation is 1. The molecule has 2 aromatic rings. The van der Waals surface area contributed by atoms with Crippen molar-refractivity contribution in [2.45, 2.75) is 33.1 Å². The molecule has 19 heavy (non-hydrogen) atoms. The van der Waals surface area contributed by atoms with Gasteiger partial charge in [0, 0.05) is 10.2 Å². The van der Waals surface area contributed by atoms with E-state index in [-0.39, 0.29) is 0 Å². The van der Waals surface area contributed by atoms with Gasteiger partial charge in [-0.1, -0.05) is 26.0 Å². The summed E-state index contributed by atoms with van der Waals surface area (Å²) in [5, 5.41) is 3.32. The molecular formula is C16H19BrN2. The van der Waals surface area contributed by atoms with E-state index in [9.17, 15) is 0 Å². The standard InChI is InChI=1S/C16H19BrN2/c1-4-11(2)13-5-7-14(8-6-13)19-16-10-9-15(17)12(3)18-16/h5-11H,4H2,1-3H3,(H,18,19). The Balaban J connectivity index is 2.12. The maximum Gasteiger partial charge on any atom is 0.130 e. The van der Waals surface area contributed by atoms with Gasteiger partial charge in [0.25, 0.3) is 0 Å². The van der Waals surface area contributed by atoms with E-state index in [0.29, 0.717) is 5.92 Å². The summed E-state index contributed by atoms with van der Waals surface area (Å²) < 4.78 is 1.03. The molecule has 0 fully saturated rings. The summed E-state index contributed by atoms with van der Waals surface area (Å²) in [6.45, 7) is 6.45. The van der Waals surface area contributed by atoms with E-state index in [1.165, 1.54) is 12.0 Å². The zero-order chi connectivity index (χ0) is 13.8. The van der Waals surface area contributed by atoms with Gasteiger partial charge in [-0.15, -0.1) is 0 Å². The molecule has 1 heterocycles. The van der Waals surface area contributed by atoms with Crippen molar-refractivity contribution in [2.75, 3.05) is 5.32 Å². The van der Waals surface area contributed by atoms with Crippen LogP contribution in [0.1, 0.15) is 37.4 Å². The molecule has 3 heteroatoms. The van der Waals surface area contributed by atoms with Crippen LogP contribution in [0.5, 0.6) is 0 Å². The molecule has 100 valence electrons. The van der Waals surface area contributed by atoms with Crippen LogP contribution >= 0.6 is 15.9 Å². The van der Waals surface area contributed by atoms with Crippen molar-refractivity contribution in [3.63, 3.8) is 0 Å². The second-order valence-electron chi connectivity index (χ2n) is 4.82. The van der Waals surface area contributed by atoms with Gasteiger partial charge in [0.05, 0.1) is 5.69 Å². The average molecular weight is 319 g/mol. The number of hydrogen-bond donors (Lipinski definition) is 1. The number of anilines is 2. The Hall–Kier alpha value is -1.35. The fraction of sp³-hybridized carbons (Fsp3) is 0.312.